The number of carboxylic acids is 1. The Kier molecular flexibility index (Phi) is 11.5. The molecule has 0 aliphatic heterocycles. The summed E-state index contributed by atoms with van der Waals surface area (Å²) in [5, 5.41) is 15.4. The van der Waals surface area contributed by atoms with Gasteiger partial charge in [0.2, 0.25) is 17.7 Å². The van der Waals surface area contributed by atoms with E-state index in [0.717, 1.165) is 22.3 Å². The molecule has 4 aromatic rings. The van der Waals surface area contributed by atoms with Gasteiger partial charge in [0, 0.05) is 11.1 Å². The quantitative estimate of drug-likeness (QED) is 0.0835. The van der Waals surface area contributed by atoms with Crippen LogP contribution in [0.3, 0.4) is 0 Å². The summed E-state index contributed by atoms with van der Waals surface area (Å²) >= 11 is 2.84. The van der Waals surface area contributed by atoms with Crippen LogP contribution in [0.25, 0.3) is 31.9 Å². The number of anilines is 2. The molecule has 0 spiro atoms. The van der Waals surface area contributed by atoms with E-state index < -0.39 is 5.97 Å². The number of carboxylic acid groups (broad SMARTS) is 1. The van der Waals surface area contributed by atoms with Gasteiger partial charge in [0.25, 0.3) is 6.47 Å². The second-order valence-corrected chi connectivity index (χ2v) is 8.48. The number of carbonyl (C=O) groups is 3. The number of carbonyl (C=O) groups excluding carboxylic acids is 2. The number of thiophene rings is 2. The van der Waals surface area contributed by atoms with Crippen molar-refractivity contribution in [2.24, 2.45) is 0 Å². The van der Waals surface area contributed by atoms with Crippen LogP contribution in [0, 0.1) is 13.1 Å². The molecule has 4 rings (SSSR count). The van der Waals surface area contributed by atoms with E-state index in [1.165, 1.54) is 22.7 Å². The van der Waals surface area contributed by atoms with Gasteiger partial charge in [-0.3, -0.25) is 9.59 Å². The van der Waals surface area contributed by atoms with Crippen LogP contribution in [0.4, 0.5) is 21.4 Å². The van der Waals surface area contributed by atoms with E-state index in [9.17, 15) is 4.79 Å². The van der Waals surface area contributed by atoms with E-state index in [-0.39, 0.29) is 13.0 Å². The van der Waals surface area contributed by atoms with Gasteiger partial charge < -0.3 is 20.9 Å². The molecule has 2 aromatic heterocycles. The molecule has 0 fully saturated rings. The van der Waals surface area contributed by atoms with Gasteiger partial charge in [0.15, 0.2) is 6.73 Å². The van der Waals surface area contributed by atoms with Crippen molar-refractivity contribution in [1.82, 2.24) is 0 Å². The minimum atomic E-state index is -1.43. The highest BCUT2D eigenvalue weighted by atomic mass is 32.1. The molecule has 0 unspecified atom stereocenters. The lowest BCUT2D eigenvalue weighted by molar-refractivity contribution is -0.143. The Bertz CT molecular complexity index is 1400. The number of nitrogen functional groups attached to an aromatic ring is 1. The Hall–Kier alpha value is -4.97. The maximum Gasteiger partial charge on any atom is 0.368 e. The third-order valence-electron chi connectivity index (χ3n) is 4.44. The molecule has 0 atom stereocenters. The lowest BCUT2D eigenvalue weighted by atomic mass is 10.1. The molecule has 0 radical (unpaired) electrons. The maximum atomic E-state index is 10.1. The number of nitrogens with two attached hydrogens (primary N) is 1. The van der Waals surface area contributed by atoms with Crippen molar-refractivity contribution in [3.05, 3.63) is 94.3 Å². The molecule has 0 saturated heterocycles. The topological polar surface area (TPSA) is 127 Å². The smallest absolute Gasteiger partial charge is 0.368 e. The second-order valence-electron chi connectivity index (χ2n) is 6.69. The Balaban J connectivity index is 0.000000225. The van der Waals surface area contributed by atoms with Crippen LogP contribution in [0.1, 0.15) is 0 Å². The average Bonchev–Trinajstić information content (AvgIpc) is 3.53. The summed E-state index contributed by atoms with van der Waals surface area (Å²) in [6.07, 6.45) is -0.167. The molecule has 0 aliphatic carbocycles. The number of aldehydes is 1. The molecule has 0 saturated carbocycles. The number of hydrogen-bond donors (Lipinski definition) is 3. The summed E-state index contributed by atoms with van der Waals surface area (Å²) in [6.45, 7) is 14.7. The SMILES string of the molecule is O=CC(=O)O.[C-]#[N+]c1c(-c2ccccc2)csc1N.[C-]#[N+]c1c(-c2ccccc2)csc1NCOC=O. The number of hydrogen-bond acceptors (Lipinski definition) is 8. The minimum Gasteiger partial charge on any atom is -0.476 e. The van der Waals surface area contributed by atoms with Crippen LogP contribution in [-0.4, -0.2) is 30.6 Å². The first-order chi connectivity index (χ1) is 18.0. The Morgan fingerprint density at radius 3 is 1.86 bits per heavy atom. The molecular weight excluding hydrogens is 512 g/mol. The summed E-state index contributed by atoms with van der Waals surface area (Å²) in [4.78, 5) is 34.9. The lowest BCUT2D eigenvalue weighted by Gasteiger charge is -2.03. The highest BCUT2D eigenvalue weighted by molar-refractivity contribution is 7.15. The van der Waals surface area contributed by atoms with E-state index in [0.29, 0.717) is 27.8 Å². The predicted molar refractivity (Wildman–Crippen MR) is 146 cm³/mol. The van der Waals surface area contributed by atoms with Crippen LogP contribution in [-0.2, 0) is 19.1 Å². The van der Waals surface area contributed by atoms with Crippen LogP contribution < -0.4 is 11.1 Å². The fourth-order valence-electron chi connectivity index (χ4n) is 2.86. The van der Waals surface area contributed by atoms with Crippen molar-refractivity contribution >= 4 is 62.8 Å². The first kappa shape index (κ1) is 28.3. The van der Waals surface area contributed by atoms with Crippen molar-refractivity contribution in [3.8, 4) is 22.3 Å². The maximum absolute atomic E-state index is 10.1. The number of nitrogens with one attached hydrogen (secondary N) is 1. The van der Waals surface area contributed by atoms with E-state index in [2.05, 4.69) is 19.7 Å². The fraction of sp³-hybridized carbons (Fsp3) is 0.0385. The molecule has 9 nitrogen and oxygen atoms in total. The van der Waals surface area contributed by atoms with Crippen molar-refractivity contribution < 1.29 is 24.2 Å². The molecule has 0 amide bonds. The summed E-state index contributed by atoms with van der Waals surface area (Å²) in [7, 11) is 0. The zero-order chi connectivity index (χ0) is 27.0. The summed E-state index contributed by atoms with van der Waals surface area (Å²) in [5.41, 5.74) is 10.7. The normalized spacial score (nSPS) is 9.14. The van der Waals surface area contributed by atoms with Gasteiger partial charge in [0.05, 0.1) is 23.1 Å². The van der Waals surface area contributed by atoms with Gasteiger partial charge in [-0.05, 0) is 21.9 Å². The third-order valence-corrected chi connectivity index (χ3v) is 6.16. The van der Waals surface area contributed by atoms with Gasteiger partial charge in [-0.25, -0.2) is 14.5 Å². The van der Waals surface area contributed by atoms with E-state index in [4.69, 9.17) is 33.6 Å². The Morgan fingerprint density at radius 1 is 0.919 bits per heavy atom. The van der Waals surface area contributed by atoms with Crippen LogP contribution in [0.2, 0.25) is 0 Å². The lowest BCUT2D eigenvalue weighted by Crippen LogP contribution is -2.03. The molecular formula is C26H20N4O5S2. The number of ether oxygens (including phenoxy) is 1. The molecule has 4 N–H and O–H groups in total. The average molecular weight is 533 g/mol. The molecule has 2 heterocycles. The van der Waals surface area contributed by atoms with Gasteiger partial charge >= 0.3 is 5.97 Å². The molecule has 0 bridgehead atoms. The summed E-state index contributed by atoms with van der Waals surface area (Å²) < 4.78 is 4.56. The summed E-state index contributed by atoms with van der Waals surface area (Å²) in [5.74, 6) is -1.43. The van der Waals surface area contributed by atoms with Crippen molar-refractivity contribution in [2.45, 2.75) is 0 Å². The zero-order valence-electron chi connectivity index (χ0n) is 19.2. The standard InChI is InChI=1S/C13H10N2O2S.C11H8N2S.C2H2O3/c1-14-12-11(10-5-3-2-4-6-10)7-18-13(12)15-8-17-9-16;1-13-10-9(7-14-11(10)12)8-5-3-2-4-6-8;3-1-2(4)5/h2-7,9,15H,8H2;2-7H,12H2;1H,(H,4,5). The molecule has 2 aromatic carbocycles. The van der Waals surface area contributed by atoms with Crippen molar-refractivity contribution in [3.63, 3.8) is 0 Å². The van der Waals surface area contributed by atoms with Crippen molar-refractivity contribution in [2.75, 3.05) is 17.8 Å². The van der Waals surface area contributed by atoms with Gasteiger partial charge in [-0.2, -0.15) is 0 Å². The molecule has 37 heavy (non-hydrogen) atoms. The largest absolute Gasteiger partial charge is 0.476 e. The van der Waals surface area contributed by atoms with Crippen LogP contribution in [0.5, 0.6) is 0 Å². The third kappa shape index (κ3) is 8.33. The van der Waals surface area contributed by atoms with Crippen LogP contribution in [0.15, 0.2) is 71.4 Å². The highest BCUT2D eigenvalue weighted by Gasteiger charge is 2.13. The molecule has 0 aliphatic rings. The second kappa shape index (κ2) is 15.1. The zero-order valence-corrected chi connectivity index (χ0v) is 20.8. The van der Waals surface area contributed by atoms with Gasteiger partial charge in [-0.1, -0.05) is 60.7 Å². The number of aliphatic carboxylic acids is 1. The fourth-order valence-corrected chi connectivity index (χ4v) is 4.51. The predicted octanol–water partition coefficient (Wildman–Crippen LogP) is 6.33. The van der Waals surface area contributed by atoms with E-state index in [1.54, 1.807) is 0 Å². The van der Waals surface area contributed by atoms with Crippen molar-refractivity contribution in [1.29, 1.82) is 0 Å². The molecule has 11 heteroatoms. The number of benzene rings is 2. The minimum absolute atomic E-state index is 0.0702. The number of nitrogens with zero attached hydrogens (tertiary/aromatic N) is 2. The van der Waals surface area contributed by atoms with E-state index in [1.807, 2.05) is 71.4 Å². The highest BCUT2D eigenvalue weighted by Crippen LogP contribution is 2.42. The van der Waals surface area contributed by atoms with Crippen LogP contribution >= 0.6 is 22.7 Å². The monoisotopic (exact) mass is 532 g/mol. The van der Waals surface area contributed by atoms with Gasteiger partial charge in [0.1, 0.15) is 0 Å². The van der Waals surface area contributed by atoms with E-state index >= 15 is 0 Å². The Morgan fingerprint density at radius 2 is 1.41 bits per heavy atom. The van der Waals surface area contributed by atoms with Gasteiger partial charge in [-0.15, -0.1) is 22.7 Å². The number of rotatable bonds is 7. The molecule has 186 valence electrons. The first-order valence-corrected chi connectivity index (χ1v) is 12.0. The first-order valence-electron chi connectivity index (χ1n) is 10.3. The summed E-state index contributed by atoms with van der Waals surface area (Å²) in [6, 6.07) is 19.6. The Labute approximate surface area is 221 Å².